The van der Waals surface area contributed by atoms with Crippen LogP contribution in [-0.2, 0) is 0 Å². The molecule has 4 nitrogen and oxygen atoms in total. The third-order valence-corrected chi connectivity index (χ3v) is 4.28. The topological polar surface area (TPSA) is 57.8 Å². The fraction of sp³-hybridized carbons (Fsp3) is 0.176. The fourth-order valence-electron chi connectivity index (χ4n) is 3.22. The Morgan fingerprint density at radius 3 is 2.73 bits per heavy atom. The van der Waals surface area contributed by atoms with Crippen LogP contribution in [0.5, 0.6) is 0 Å². The first-order valence-electron chi connectivity index (χ1n) is 7.18. The van der Waals surface area contributed by atoms with Crippen LogP contribution in [0.1, 0.15) is 30.1 Å². The Bertz CT molecular complexity index is 920. The molecule has 0 bridgehead atoms. The summed E-state index contributed by atoms with van der Waals surface area (Å²) in [6.45, 7) is 2.05. The molecular formula is C17H14FN3O. The number of anilines is 1. The van der Waals surface area contributed by atoms with Crippen molar-refractivity contribution in [2.75, 3.05) is 5.32 Å². The molecule has 3 aromatic rings. The summed E-state index contributed by atoms with van der Waals surface area (Å²) in [7, 11) is 0. The zero-order valence-electron chi connectivity index (χ0n) is 11.9. The number of nitrogens with one attached hydrogen (secondary N) is 2. The summed E-state index contributed by atoms with van der Waals surface area (Å²) in [5, 5.41) is 11.1. The predicted octanol–water partition coefficient (Wildman–Crippen LogP) is 3.33. The van der Waals surface area contributed by atoms with Crippen molar-refractivity contribution in [1.29, 1.82) is 0 Å². The first kappa shape index (κ1) is 13.0. The monoisotopic (exact) mass is 295 g/mol. The molecule has 4 rings (SSSR count). The first-order valence-corrected chi connectivity index (χ1v) is 7.18. The van der Waals surface area contributed by atoms with Gasteiger partial charge in [-0.1, -0.05) is 37.3 Å². The summed E-state index contributed by atoms with van der Waals surface area (Å²) in [6.07, 6.45) is 0. The Balaban J connectivity index is 1.97. The molecule has 2 heterocycles. The van der Waals surface area contributed by atoms with Gasteiger partial charge in [-0.15, -0.1) is 0 Å². The van der Waals surface area contributed by atoms with E-state index < -0.39 is 5.82 Å². The average molecular weight is 295 g/mol. The zero-order chi connectivity index (χ0) is 15.3. The molecule has 2 aromatic carbocycles. The molecular weight excluding hydrogens is 281 g/mol. The van der Waals surface area contributed by atoms with Gasteiger partial charge in [0.05, 0.1) is 17.1 Å². The lowest BCUT2D eigenvalue weighted by Crippen LogP contribution is -2.26. The van der Waals surface area contributed by atoms with Gasteiger partial charge in [0, 0.05) is 17.0 Å². The molecule has 0 saturated heterocycles. The minimum absolute atomic E-state index is 0.0166. The molecule has 0 amide bonds. The number of aromatic nitrogens is 2. The SMILES string of the molecule is C[C@H]1c2n[nH]c(=O)c3cc(F)cc(c23)NC1c1ccccc1. The highest BCUT2D eigenvalue weighted by Crippen LogP contribution is 2.42. The minimum Gasteiger partial charge on any atom is -0.377 e. The summed E-state index contributed by atoms with van der Waals surface area (Å²) in [4.78, 5) is 11.9. The Labute approximate surface area is 126 Å². The Kier molecular flexibility index (Phi) is 2.76. The highest BCUT2D eigenvalue weighted by atomic mass is 19.1. The second-order valence-electron chi connectivity index (χ2n) is 5.64. The van der Waals surface area contributed by atoms with E-state index in [9.17, 15) is 9.18 Å². The van der Waals surface area contributed by atoms with Gasteiger partial charge < -0.3 is 5.32 Å². The molecule has 1 aliphatic rings. The fourth-order valence-corrected chi connectivity index (χ4v) is 3.22. The molecule has 2 N–H and O–H groups in total. The van der Waals surface area contributed by atoms with Crippen LogP contribution >= 0.6 is 0 Å². The van der Waals surface area contributed by atoms with Crippen LogP contribution in [0, 0.1) is 5.82 Å². The predicted molar refractivity (Wildman–Crippen MR) is 83.5 cm³/mol. The Hall–Kier alpha value is -2.69. The van der Waals surface area contributed by atoms with Crippen molar-refractivity contribution in [2.24, 2.45) is 0 Å². The highest BCUT2D eigenvalue weighted by Gasteiger charge is 2.30. The van der Waals surface area contributed by atoms with Crippen LogP contribution in [0.3, 0.4) is 0 Å². The number of H-pyrrole nitrogens is 1. The van der Waals surface area contributed by atoms with Crippen molar-refractivity contribution in [3.05, 3.63) is 69.9 Å². The third-order valence-electron chi connectivity index (χ3n) is 4.28. The normalized spacial score (nSPS) is 19.9. The van der Waals surface area contributed by atoms with Crippen LogP contribution in [0.4, 0.5) is 10.1 Å². The van der Waals surface area contributed by atoms with E-state index in [1.54, 1.807) is 0 Å². The van der Waals surface area contributed by atoms with Crippen molar-refractivity contribution in [2.45, 2.75) is 18.9 Å². The lowest BCUT2D eigenvalue weighted by atomic mass is 9.85. The van der Waals surface area contributed by atoms with E-state index in [1.807, 2.05) is 30.3 Å². The van der Waals surface area contributed by atoms with Crippen LogP contribution in [0.2, 0.25) is 0 Å². The van der Waals surface area contributed by atoms with Gasteiger partial charge in [0.15, 0.2) is 0 Å². The van der Waals surface area contributed by atoms with Gasteiger partial charge in [0.1, 0.15) is 5.82 Å². The van der Waals surface area contributed by atoms with Gasteiger partial charge in [-0.25, -0.2) is 9.49 Å². The van der Waals surface area contributed by atoms with Crippen LogP contribution in [0.15, 0.2) is 47.3 Å². The number of halogens is 1. The molecule has 2 atom stereocenters. The van der Waals surface area contributed by atoms with E-state index in [0.29, 0.717) is 16.5 Å². The number of aromatic amines is 1. The van der Waals surface area contributed by atoms with Gasteiger partial charge >= 0.3 is 0 Å². The lowest BCUT2D eigenvalue weighted by molar-refractivity contribution is 0.599. The molecule has 1 aromatic heterocycles. The van der Waals surface area contributed by atoms with E-state index in [1.165, 1.54) is 12.1 Å². The number of rotatable bonds is 1. The number of hydrogen-bond donors (Lipinski definition) is 2. The Morgan fingerprint density at radius 1 is 1.18 bits per heavy atom. The van der Waals surface area contributed by atoms with Crippen LogP contribution in [0.25, 0.3) is 10.8 Å². The molecule has 0 radical (unpaired) electrons. The molecule has 0 fully saturated rings. The van der Waals surface area contributed by atoms with Crippen molar-refractivity contribution in [3.8, 4) is 0 Å². The number of benzene rings is 2. The van der Waals surface area contributed by atoms with Gasteiger partial charge in [-0.05, 0) is 17.7 Å². The summed E-state index contributed by atoms with van der Waals surface area (Å²) in [5.74, 6) is -0.376. The van der Waals surface area contributed by atoms with E-state index in [0.717, 1.165) is 11.3 Å². The second-order valence-corrected chi connectivity index (χ2v) is 5.64. The summed E-state index contributed by atoms with van der Waals surface area (Å²) in [5.41, 5.74) is 2.14. The molecule has 22 heavy (non-hydrogen) atoms. The largest absolute Gasteiger partial charge is 0.377 e. The maximum absolute atomic E-state index is 13.8. The van der Waals surface area contributed by atoms with Gasteiger partial charge in [0.25, 0.3) is 5.56 Å². The van der Waals surface area contributed by atoms with Gasteiger partial charge in [0.2, 0.25) is 0 Å². The molecule has 110 valence electrons. The third kappa shape index (κ3) is 1.82. The lowest BCUT2D eigenvalue weighted by Gasteiger charge is -2.32. The van der Waals surface area contributed by atoms with E-state index in [2.05, 4.69) is 22.4 Å². The zero-order valence-corrected chi connectivity index (χ0v) is 11.9. The molecule has 0 spiro atoms. The average Bonchev–Trinajstić information content (AvgIpc) is 2.53. The number of hydrogen-bond acceptors (Lipinski definition) is 3. The summed E-state index contributed by atoms with van der Waals surface area (Å²) in [6, 6.07) is 12.6. The molecule has 1 aliphatic heterocycles. The van der Waals surface area contributed by atoms with E-state index in [4.69, 9.17) is 0 Å². The maximum atomic E-state index is 13.8. The molecule has 0 aliphatic carbocycles. The van der Waals surface area contributed by atoms with Crippen molar-refractivity contribution in [1.82, 2.24) is 10.2 Å². The van der Waals surface area contributed by atoms with Gasteiger partial charge in [-0.2, -0.15) is 5.10 Å². The van der Waals surface area contributed by atoms with Gasteiger partial charge in [-0.3, -0.25) is 4.79 Å². The standard InChI is InChI=1S/C17H14FN3O/c1-9-15(10-5-3-2-4-6-10)19-13-8-11(18)7-12-14(13)16(9)20-21-17(12)22/h2-9,15,19H,1H3,(H,21,22)/t9-,15?/m1/s1. The molecule has 0 saturated carbocycles. The van der Waals surface area contributed by atoms with Crippen molar-refractivity contribution in [3.63, 3.8) is 0 Å². The first-order chi connectivity index (χ1) is 10.6. The smallest absolute Gasteiger partial charge is 0.272 e. The quantitative estimate of drug-likeness (QED) is 0.724. The van der Waals surface area contributed by atoms with Crippen LogP contribution < -0.4 is 10.9 Å². The summed E-state index contributed by atoms with van der Waals surface area (Å²) >= 11 is 0. The highest BCUT2D eigenvalue weighted by molar-refractivity contribution is 5.96. The van der Waals surface area contributed by atoms with Crippen molar-refractivity contribution >= 4 is 16.5 Å². The minimum atomic E-state index is -0.431. The maximum Gasteiger partial charge on any atom is 0.272 e. The molecule has 1 unspecified atom stereocenters. The molecule has 5 heteroatoms. The van der Waals surface area contributed by atoms with Crippen LogP contribution in [-0.4, -0.2) is 10.2 Å². The Morgan fingerprint density at radius 2 is 1.95 bits per heavy atom. The van der Waals surface area contributed by atoms with E-state index in [-0.39, 0.29) is 17.5 Å². The van der Waals surface area contributed by atoms with E-state index >= 15 is 0 Å². The number of nitrogens with zero attached hydrogens (tertiary/aromatic N) is 1. The van der Waals surface area contributed by atoms with Crippen molar-refractivity contribution < 1.29 is 4.39 Å². The second kappa shape index (κ2) is 4.66. The summed E-state index contributed by atoms with van der Waals surface area (Å²) < 4.78 is 13.8.